The van der Waals surface area contributed by atoms with E-state index >= 15 is 0 Å². The number of tetrazole rings is 1. The molecule has 0 aliphatic carbocycles. The first kappa shape index (κ1) is 16.3. The first-order valence-electron chi connectivity index (χ1n) is 7.76. The fraction of sp³-hybridized carbons (Fsp3) is 0.333. The van der Waals surface area contributed by atoms with Gasteiger partial charge in [0, 0.05) is 36.5 Å². The highest BCUT2D eigenvalue weighted by atomic mass is 79.9. The zero-order chi connectivity index (χ0) is 17.2. The Bertz CT molecular complexity index is 848. The molecule has 25 heavy (non-hydrogen) atoms. The van der Waals surface area contributed by atoms with Crippen molar-refractivity contribution in [3.8, 4) is 17.3 Å². The summed E-state index contributed by atoms with van der Waals surface area (Å²) in [5.74, 6) is 2.35. The predicted octanol–water partition coefficient (Wildman–Crippen LogP) is 3.32. The van der Waals surface area contributed by atoms with Gasteiger partial charge >= 0.3 is 0 Å². The number of aromatic amines is 1. The Balaban J connectivity index is 1.38. The van der Waals surface area contributed by atoms with Gasteiger partial charge in [0.25, 0.3) is 0 Å². The van der Waals surface area contributed by atoms with Crippen molar-refractivity contribution in [3.63, 3.8) is 0 Å². The zero-order valence-electron chi connectivity index (χ0n) is 13.0. The van der Waals surface area contributed by atoms with E-state index in [1.54, 1.807) is 0 Å². The largest absolute Gasteiger partial charge is 0.489 e. The lowest BCUT2D eigenvalue weighted by Crippen LogP contribution is -2.38. The average Bonchev–Trinajstić information content (AvgIpc) is 3.30. The van der Waals surface area contributed by atoms with Crippen molar-refractivity contribution in [2.24, 2.45) is 0 Å². The van der Waals surface area contributed by atoms with Gasteiger partial charge in [0.2, 0.25) is 11.6 Å². The average molecular weight is 426 g/mol. The summed E-state index contributed by atoms with van der Waals surface area (Å²) >= 11 is 9.63. The molecule has 0 atom stereocenters. The number of hydrogen-bond acceptors (Lipinski definition) is 7. The Morgan fingerprint density at radius 2 is 2.12 bits per heavy atom. The van der Waals surface area contributed by atoms with Crippen LogP contribution < -0.4 is 9.64 Å². The van der Waals surface area contributed by atoms with Crippen LogP contribution in [-0.4, -0.2) is 45.0 Å². The van der Waals surface area contributed by atoms with Crippen LogP contribution in [0, 0.1) is 0 Å². The maximum atomic E-state index is 6.19. The van der Waals surface area contributed by atoms with Gasteiger partial charge in [-0.2, -0.15) is 5.21 Å². The molecule has 2 aromatic heterocycles. The van der Waals surface area contributed by atoms with E-state index in [2.05, 4.69) is 46.6 Å². The van der Waals surface area contributed by atoms with Crippen molar-refractivity contribution in [1.29, 1.82) is 0 Å². The first-order chi connectivity index (χ1) is 12.2. The summed E-state index contributed by atoms with van der Waals surface area (Å²) in [5.41, 5.74) is 0. The maximum Gasteiger partial charge on any atom is 0.242 e. The molecule has 3 heterocycles. The molecular weight excluding hydrogens is 412 g/mol. The van der Waals surface area contributed by atoms with Crippen molar-refractivity contribution < 1.29 is 9.26 Å². The maximum absolute atomic E-state index is 6.19. The van der Waals surface area contributed by atoms with Gasteiger partial charge < -0.3 is 14.2 Å². The molecule has 1 saturated heterocycles. The fourth-order valence-electron chi connectivity index (χ4n) is 2.74. The van der Waals surface area contributed by atoms with E-state index in [4.69, 9.17) is 20.9 Å². The Labute approximate surface area is 156 Å². The molecule has 4 rings (SSSR count). The van der Waals surface area contributed by atoms with Crippen LogP contribution in [0.4, 0.5) is 5.82 Å². The Hall–Kier alpha value is -2.13. The van der Waals surface area contributed by atoms with Gasteiger partial charge in [0.1, 0.15) is 11.9 Å². The van der Waals surface area contributed by atoms with Crippen LogP contribution in [0.1, 0.15) is 12.8 Å². The van der Waals surface area contributed by atoms with Gasteiger partial charge in [-0.1, -0.05) is 32.7 Å². The van der Waals surface area contributed by atoms with Crippen LogP contribution >= 0.6 is 27.5 Å². The van der Waals surface area contributed by atoms with E-state index in [-0.39, 0.29) is 6.10 Å². The molecule has 10 heteroatoms. The second kappa shape index (κ2) is 7.01. The lowest BCUT2D eigenvalue weighted by molar-refractivity contribution is 0.170. The molecule has 0 radical (unpaired) electrons. The summed E-state index contributed by atoms with van der Waals surface area (Å²) in [6, 6.07) is 7.43. The number of ether oxygens (including phenoxy) is 1. The van der Waals surface area contributed by atoms with Gasteiger partial charge in [0.15, 0.2) is 5.82 Å². The molecule has 1 fully saturated rings. The molecule has 0 saturated carbocycles. The third-order valence-corrected chi connectivity index (χ3v) is 4.82. The topological polar surface area (TPSA) is 93.0 Å². The Morgan fingerprint density at radius 1 is 1.28 bits per heavy atom. The summed E-state index contributed by atoms with van der Waals surface area (Å²) in [5, 5.41) is 18.4. The normalized spacial score (nSPS) is 15.5. The summed E-state index contributed by atoms with van der Waals surface area (Å²) in [7, 11) is 0. The number of anilines is 1. The molecule has 0 bridgehead atoms. The monoisotopic (exact) mass is 424 g/mol. The minimum Gasteiger partial charge on any atom is -0.489 e. The number of hydrogen-bond donors (Lipinski definition) is 1. The van der Waals surface area contributed by atoms with Crippen LogP contribution in [0.5, 0.6) is 5.75 Å². The highest BCUT2D eigenvalue weighted by Gasteiger charge is 2.24. The van der Waals surface area contributed by atoms with Gasteiger partial charge in [-0.3, -0.25) is 0 Å². The molecule has 0 amide bonds. The van der Waals surface area contributed by atoms with E-state index in [0.717, 1.165) is 36.2 Å². The van der Waals surface area contributed by atoms with Gasteiger partial charge in [-0.15, -0.1) is 10.2 Å². The minimum absolute atomic E-state index is 0.117. The lowest BCUT2D eigenvalue weighted by Gasteiger charge is -2.32. The molecule has 1 aromatic carbocycles. The fourth-order valence-corrected chi connectivity index (χ4v) is 3.24. The third kappa shape index (κ3) is 3.62. The smallest absolute Gasteiger partial charge is 0.242 e. The number of aromatic nitrogens is 5. The molecule has 8 nitrogen and oxygen atoms in total. The van der Waals surface area contributed by atoms with E-state index < -0.39 is 0 Å². The van der Waals surface area contributed by atoms with Crippen molar-refractivity contribution in [2.75, 3.05) is 18.0 Å². The molecule has 1 aliphatic rings. The predicted molar refractivity (Wildman–Crippen MR) is 94.7 cm³/mol. The number of nitrogens with zero attached hydrogens (tertiary/aromatic N) is 5. The summed E-state index contributed by atoms with van der Waals surface area (Å²) in [6.45, 7) is 1.63. The second-order valence-electron chi connectivity index (χ2n) is 5.66. The summed E-state index contributed by atoms with van der Waals surface area (Å²) in [6.07, 6.45) is 1.85. The number of halogens is 2. The highest BCUT2D eigenvalue weighted by Crippen LogP contribution is 2.31. The molecule has 0 unspecified atom stereocenters. The van der Waals surface area contributed by atoms with Crippen molar-refractivity contribution in [2.45, 2.75) is 18.9 Å². The molecule has 1 aliphatic heterocycles. The SMILES string of the molecule is Clc1ccc(Br)cc1OC1CCN(c2cc(-c3nn[nH]n3)on2)CC1. The van der Waals surface area contributed by atoms with E-state index in [0.29, 0.717) is 22.4 Å². The standard InChI is InChI=1S/C15H14BrClN6O2/c16-9-1-2-11(17)12(7-9)24-10-3-5-23(6-4-10)14-8-13(25-20-14)15-18-21-22-19-15/h1-2,7-8,10H,3-6H2,(H,18,19,21,22). The van der Waals surface area contributed by atoms with Gasteiger partial charge in [-0.25, -0.2) is 0 Å². The Kier molecular flexibility index (Phi) is 4.58. The second-order valence-corrected chi connectivity index (χ2v) is 6.99. The van der Waals surface area contributed by atoms with Crippen LogP contribution in [-0.2, 0) is 0 Å². The van der Waals surface area contributed by atoms with E-state index in [1.165, 1.54) is 0 Å². The molecule has 1 N–H and O–H groups in total. The third-order valence-electron chi connectivity index (χ3n) is 4.02. The number of piperidine rings is 1. The van der Waals surface area contributed by atoms with Crippen molar-refractivity contribution in [1.82, 2.24) is 25.8 Å². The van der Waals surface area contributed by atoms with E-state index in [9.17, 15) is 0 Å². The number of nitrogens with one attached hydrogen (secondary N) is 1. The molecule has 130 valence electrons. The Morgan fingerprint density at radius 3 is 2.88 bits per heavy atom. The van der Waals surface area contributed by atoms with Crippen molar-refractivity contribution >= 4 is 33.3 Å². The highest BCUT2D eigenvalue weighted by molar-refractivity contribution is 9.10. The minimum atomic E-state index is 0.117. The lowest BCUT2D eigenvalue weighted by atomic mass is 10.1. The number of rotatable bonds is 4. The molecule has 0 spiro atoms. The first-order valence-corrected chi connectivity index (χ1v) is 8.93. The summed E-state index contributed by atoms with van der Waals surface area (Å²) in [4.78, 5) is 2.15. The van der Waals surface area contributed by atoms with Crippen LogP contribution in [0.25, 0.3) is 11.6 Å². The molecular formula is C15H14BrClN6O2. The molecule has 3 aromatic rings. The zero-order valence-corrected chi connectivity index (χ0v) is 15.4. The number of benzene rings is 1. The van der Waals surface area contributed by atoms with Gasteiger partial charge in [0.05, 0.1) is 5.02 Å². The van der Waals surface area contributed by atoms with E-state index in [1.807, 2.05) is 24.3 Å². The summed E-state index contributed by atoms with van der Waals surface area (Å²) < 4.78 is 12.3. The quantitative estimate of drug-likeness (QED) is 0.685. The van der Waals surface area contributed by atoms with Crippen LogP contribution in [0.2, 0.25) is 5.02 Å². The van der Waals surface area contributed by atoms with Crippen LogP contribution in [0.15, 0.2) is 33.3 Å². The van der Waals surface area contributed by atoms with Gasteiger partial charge in [-0.05, 0) is 23.4 Å². The number of H-pyrrole nitrogens is 1. The van der Waals surface area contributed by atoms with Crippen LogP contribution in [0.3, 0.4) is 0 Å². The van der Waals surface area contributed by atoms with Crippen molar-refractivity contribution in [3.05, 3.63) is 33.8 Å².